The fourth-order valence-corrected chi connectivity index (χ4v) is 1.67. The second kappa shape index (κ2) is 8.54. The summed E-state index contributed by atoms with van der Waals surface area (Å²) < 4.78 is 0. The summed E-state index contributed by atoms with van der Waals surface area (Å²) in [6, 6.07) is -0.951. The van der Waals surface area contributed by atoms with Crippen LogP contribution in [0.2, 0.25) is 0 Å². The molecule has 0 spiro atoms. The molecule has 0 fully saturated rings. The summed E-state index contributed by atoms with van der Waals surface area (Å²) in [6.07, 6.45) is -2.20. The standard InChI is InChI=1S/C12H20N4O6/c13-6(11(21)22)2-1-3-14-12-15-7(10(20)16-12)4-8(18)9(19)5-17/h6,8-9,17-19H,1-5,13H2,(H,21,22)(H,14,16,20)/t6-,8+,9+/m0/s1. The number of carboxylic acids is 1. The molecular weight excluding hydrogens is 296 g/mol. The van der Waals surface area contributed by atoms with Gasteiger partial charge in [-0.2, -0.15) is 0 Å². The van der Waals surface area contributed by atoms with Gasteiger partial charge in [0.05, 0.1) is 12.7 Å². The Hall–Kier alpha value is -1.88. The molecule has 0 saturated carbocycles. The molecule has 7 N–H and O–H groups in total. The topological polar surface area (TPSA) is 178 Å². The summed E-state index contributed by atoms with van der Waals surface area (Å²) in [5.74, 6) is -1.56. The summed E-state index contributed by atoms with van der Waals surface area (Å²) in [6.45, 7) is -0.379. The summed E-state index contributed by atoms with van der Waals surface area (Å²) in [7, 11) is 0. The smallest absolute Gasteiger partial charge is 0.320 e. The first-order chi connectivity index (χ1) is 10.3. The number of hydrogen-bond donors (Lipinski definition) is 6. The van der Waals surface area contributed by atoms with Crippen LogP contribution in [-0.4, -0.2) is 75.4 Å². The number of guanidine groups is 1. The third kappa shape index (κ3) is 5.48. The van der Waals surface area contributed by atoms with Crippen molar-refractivity contribution in [2.45, 2.75) is 37.5 Å². The highest BCUT2D eigenvalue weighted by atomic mass is 16.4. The molecule has 1 rings (SSSR count). The number of amides is 1. The minimum Gasteiger partial charge on any atom is -0.480 e. The number of nitrogens with zero attached hydrogens (tertiary/aromatic N) is 2. The van der Waals surface area contributed by atoms with E-state index in [0.29, 0.717) is 6.42 Å². The third-order valence-corrected chi connectivity index (χ3v) is 3.01. The molecule has 1 heterocycles. The molecule has 3 atom stereocenters. The monoisotopic (exact) mass is 316 g/mol. The summed E-state index contributed by atoms with van der Waals surface area (Å²) in [4.78, 5) is 30.0. The Balaban J connectivity index is 2.48. The molecule has 10 nitrogen and oxygen atoms in total. The van der Waals surface area contributed by atoms with Crippen molar-refractivity contribution in [3.8, 4) is 0 Å². The number of carbonyl (C=O) groups excluding carboxylic acids is 1. The van der Waals surface area contributed by atoms with E-state index in [-0.39, 0.29) is 31.1 Å². The van der Waals surface area contributed by atoms with Gasteiger partial charge in [-0.15, -0.1) is 0 Å². The van der Waals surface area contributed by atoms with Crippen molar-refractivity contribution in [1.29, 1.82) is 0 Å². The van der Waals surface area contributed by atoms with E-state index in [0.717, 1.165) is 0 Å². The maximum absolute atomic E-state index is 11.6. The van der Waals surface area contributed by atoms with Crippen LogP contribution in [0.3, 0.4) is 0 Å². The Bertz CT molecular complexity index is 478. The highest BCUT2D eigenvalue weighted by Crippen LogP contribution is 2.06. The van der Waals surface area contributed by atoms with Gasteiger partial charge in [0.1, 0.15) is 17.9 Å². The molecule has 0 saturated heterocycles. The lowest BCUT2D eigenvalue weighted by Crippen LogP contribution is -2.34. The van der Waals surface area contributed by atoms with E-state index in [9.17, 15) is 19.8 Å². The zero-order valence-electron chi connectivity index (χ0n) is 11.8. The van der Waals surface area contributed by atoms with E-state index in [1.807, 2.05) is 0 Å². The fourth-order valence-electron chi connectivity index (χ4n) is 1.67. The summed E-state index contributed by atoms with van der Waals surface area (Å²) >= 11 is 0. The van der Waals surface area contributed by atoms with Crippen molar-refractivity contribution < 1.29 is 30.0 Å². The van der Waals surface area contributed by atoms with Gasteiger partial charge in [-0.25, -0.2) is 4.99 Å². The Morgan fingerprint density at radius 1 is 1.36 bits per heavy atom. The second-order valence-electron chi connectivity index (χ2n) is 4.83. The first-order valence-electron chi connectivity index (χ1n) is 6.74. The van der Waals surface area contributed by atoms with Crippen molar-refractivity contribution >= 4 is 23.5 Å². The maximum Gasteiger partial charge on any atom is 0.320 e. The van der Waals surface area contributed by atoms with Crippen LogP contribution in [-0.2, 0) is 9.59 Å². The van der Waals surface area contributed by atoms with Crippen LogP contribution in [0, 0.1) is 0 Å². The van der Waals surface area contributed by atoms with Gasteiger partial charge in [-0.05, 0) is 12.8 Å². The first-order valence-corrected chi connectivity index (χ1v) is 6.74. The van der Waals surface area contributed by atoms with Gasteiger partial charge in [0.2, 0.25) is 5.96 Å². The molecular formula is C12H20N4O6. The van der Waals surface area contributed by atoms with Crippen LogP contribution in [0.4, 0.5) is 0 Å². The zero-order chi connectivity index (χ0) is 16.7. The molecule has 22 heavy (non-hydrogen) atoms. The van der Waals surface area contributed by atoms with Gasteiger partial charge in [-0.3, -0.25) is 19.9 Å². The largest absolute Gasteiger partial charge is 0.480 e. The summed E-state index contributed by atoms with van der Waals surface area (Å²) in [5, 5.41) is 38.5. The highest BCUT2D eigenvalue weighted by molar-refractivity contribution is 6.46. The Morgan fingerprint density at radius 2 is 2.05 bits per heavy atom. The van der Waals surface area contributed by atoms with Crippen LogP contribution in [0.15, 0.2) is 9.98 Å². The number of nitrogens with one attached hydrogen (secondary N) is 1. The molecule has 0 radical (unpaired) electrons. The van der Waals surface area contributed by atoms with Gasteiger partial charge >= 0.3 is 5.97 Å². The van der Waals surface area contributed by atoms with E-state index in [1.165, 1.54) is 0 Å². The summed E-state index contributed by atoms with van der Waals surface area (Å²) in [5.41, 5.74) is 5.33. The second-order valence-corrected chi connectivity index (χ2v) is 4.83. The van der Waals surface area contributed by atoms with Crippen molar-refractivity contribution in [1.82, 2.24) is 5.32 Å². The molecule has 0 bridgehead atoms. The van der Waals surface area contributed by atoms with E-state index in [4.69, 9.17) is 15.9 Å². The third-order valence-electron chi connectivity index (χ3n) is 3.01. The number of hydrogen-bond acceptors (Lipinski definition) is 7. The number of aliphatic hydroxyl groups is 3. The van der Waals surface area contributed by atoms with E-state index in [1.54, 1.807) is 0 Å². The lowest BCUT2D eigenvalue weighted by molar-refractivity contribution is -0.138. The number of nitrogens with two attached hydrogens (primary N) is 1. The van der Waals surface area contributed by atoms with Crippen LogP contribution in [0.5, 0.6) is 0 Å². The SMILES string of the molecule is N[C@@H](CCCN=C1N=C(C[C@@H](O)[C@H](O)CO)C(=O)N1)C(=O)O. The number of carbonyl (C=O) groups is 2. The van der Waals surface area contributed by atoms with Crippen LogP contribution in [0.25, 0.3) is 0 Å². The van der Waals surface area contributed by atoms with Crippen molar-refractivity contribution in [2.75, 3.05) is 13.2 Å². The predicted octanol–water partition coefficient (Wildman–Crippen LogP) is -2.79. The van der Waals surface area contributed by atoms with Crippen LogP contribution in [0.1, 0.15) is 19.3 Å². The van der Waals surface area contributed by atoms with Gasteiger partial charge in [0.25, 0.3) is 5.91 Å². The molecule has 0 aromatic carbocycles. The fraction of sp³-hybridized carbons (Fsp3) is 0.667. The van der Waals surface area contributed by atoms with Gasteiger partial charge in [0, 0.05) is 13.0 Å². The predicted molar refractivity (Wildman–Crippen MR) is 76.4 cm³/mol. The van der Waals surface area contributed by atoms with Gasteiger partial charge < -0.3 is 26.2 Å². The molecule has 1 amide bonds. The lowest BCUT2D eigenvalue weighted by atomic mass is 10.1. The molecule has 0 aliphatic carbocycles. The zero-order valence-corrected chi connectivity index (χ0v) is 11.8. The minimum atomic E-state index is -1.35. The van der Waals surface area contributed by atoms with Gasteiger partial charge in [0.15, 0.2) is 0 Å². The Labute approximate surface area is 126 Å². The normalized spacial score (nSPS) is 20.5. The number of aliphatic carboxylic acids is 1. The first kappa shape index (κ1) is 18.2. The Morgan fingerprint density at radius 3 is 2.64 bits per heavy atom. The molecule has 10 heteroatoms. The number of carboxylic acid groups (broad SMARTS) is 1. The van der Waals surface area contributed by atoms with Crippen LogP contribution < -0.4 is 11.1 Å². The molecule has 0 aromatic heterocycles. The van der Waals surface area contributed by atoms with Crippen molar-refractivity contribution in [3.63, 3.8) is 0 Å². The quantitative estimate of drug-likeness (QED) is 0.249. The van der Waals surface area contributed by atoms with E-state index < -0.39 is 36.7 Å². The maximum atomic E-state index is 11.6. The average Bonchev–Trinajstić information content (AvgIpc) is 2.82. The highest BCUT2D eigenvalue weighted by Gasteiger charge is 2.26. The van der Waals surface area contributed by atoms with Crippen LogP contribution >= 0.6 is 0 Å². The molecule has 0 unspecified atom stereocenters. The van der Waals surface area contributed by atoms with E-state index >= 15 is 0 Å². The van der Waals surface area contributed by atoms with E-state index in [2.05, 4.69) is 15.3 Å². The molecule has 1 aliphatic rings. The number of aliphatic hydroxyl groups excluding tert-OH is 3. The number of rotatable bonds is 9. The average molecular weight is 316 g/mol. The van der Waals surface area contributed by atoms with Crippen molar-refractivity contribution in [3.05, 3.63) is 0 Å². The lowest BCUT2D eigenvalue weighted by Gasteiger charge is -2.13. The molecule has 1 aliphatic heterocycles. The van der Waals surface area contributed by atoms with Gasteiger partial charge in [-0.1, -0.05) is 0 Å². The Kier molecular flexibility index (Phi) is 7.05. The van der Waals surface area contributed by atoms with Crippen molar-refractivity contribution in [2.24, 2.45) is 15.7 Å². The molecule has 0 aromatic rings. The minimum absolute atomic E-state index is 0.000914. The number of aliphatic imine (C=N–C) groups is 2. The molecule has 124 valence electrons.